The molecule has 0 amide bonds. The zero-order valence-electron chi connectivity index (χ0n) is 5.75. The molecule has 2 aliphatic rings. The maximum absolute atomic E-state index is 11.2. The molecule has 0 N–H and O–H groups in total. The Balaban J connectivity index is 2.25. The predicted octanol–water partition coefficient (Wildman–Crippen LogP) is 1.60. The van der Waals surface area contributed by atoms with Gasteiger partial charge in [-0.25, -0.2) is 0 Å². The van der Waals surface area contributed by atoms with Crippen molar-refractivity contribution < 1.29 is 4.55 Å². The second-order valence-corrected chi connectivity index (χ2v) is 4.34. The van der Waals surface area contributed by atoms with Gasteiger partial charge in [-0.1, -0.05) is 12.2 Å². The normalized spacial score (nSPS) is 37.5. The summed E-state index contributed by atoms with van der Waals surface area (Å²) < 4.78 is 11.2. The average Bonchev–Trinajstić information content (AvgIpc) is 2.34. The van der Waals surface area contributed by atoms with Crippen LogP contribution in [0.25, 0.3) is 0 Å². The summed E-state index contributed by atoms with van der Waals surface area (Å²) in [7, 11) is 0. The minimum absolute atomic E-state index is 0.617. The fourth-order valence-electron chi connectivity index (χ4n) is 1.55. The molecule has 0 radical (unpaired) electrons. The van der Waals surface area contributed by atoms with Gasteiger partial charge in [0, 0.05) is 12.3 Å². The first-order chi connectivity index (χ1) is 4.88. The van der Waals surface area contributed by atoms with E-state index < -0.39 is 11.2 Å². The van der Waals surface area contributed by atoms with Crippen LogP contribution in [-0.2, 0) is 11.2 Å². The molecule has 1 saturated heterocycles. The lowest BCUT2D eigenvalue weighted by Crippen LogP contribution is -2.04. The molecule has 10 heavy (non-hydrogen) atoms. The van der Waals surface area contributed by atoms with E-state index in [1.807, 2.05) is 12.2 Å². The maximum atomic E-state index is 11.2. The Morgan fingerprint density at radius 2 is 2.50 bits per heavy atom. The van der Waals surface area contributed by atoms with Crippen LogP contribution in [0.15, 0.2) is 23.1 Å². The molecule has 2 unspecified atom stereocenters. The Bertz CT molecular complexity index is 195. The van der Waals surface area contributed by atoms with Crippen LogP contribution in [0.1, 0.15) is 12.8 Å². The zero-order valence-corrected chi connectivity index (χ0v) is 6.56. The Hall–Kier alpha value is -0.210. The van der Waals surface area contributed by atoms with E-state index in [4.69, 9.17) is 0 Å². The fraction of sp³-hybridized carbons (Fsp3) is 0.500. The third-order valence-corrected chi connectivity index (χ3v) is 3.74. The second-order valence-electron chi connectivity index (χ2n) is 2.77. The first-order valence-corrected chi connectivity index (χ1v) is 4.95. The van der Waals surface area contributed by atoms with Crippen molar-refractivity contribution in [3.63, 3.8) is 0 Å². The molecule has 0 bridgehead atoms. The van der Waals surface area contributed by atoms with Gasteiger partial charge in [0.25, 0.3) is 0 Å². The van der Waals surface area contributed by atoms with Gasteiger partial charge in [-0.05, 0) is 23.7 Å². The van der Waals surface area contributed by atoms with Gasteiger partial charge < -0.3 is 4.55 Å². The Morgan fingerprint density at radius 1 is 1.60 bits per heavy atom. The van der Waals surface area contributed by atoms with Gasteiger partial charge in [-0.3, -0.25) is 0 Å². The standard InChI is InChI=1S/C8H10OS/c9-10-6-5-7-3-1-2-4-8(7)10/h1-2,4,7H,3,5-6H2. The molecule has 1 aliphatic heterocycles. The Morgan fingerprint density at radius 3 is 3.30 bits per heavy atom. The fourth-order valence-corrected chi connectivity index (χ4v) is 3.10. The highest BCUT2D eigenvalue weighted by molar-refractivity contribution is 7.95. The highest BCUT2D eigenvalue weighted by Crippen LogP contribution is 2.35. The monoisotopic (exact) mass is 154 g/mol. The third-order valence-electron chi connectivity index (χ3n) is 2.13. The van der Waals surface area contributed by atoms with E-state index in [2.05, 4.69) is 6.08 Å². The summed E-state index contributed by atoms with van der Waals surface area (Å²) >= 11 is -0.629. The minimum atomic E-state index is -0.629. The van der Waals surface area contributed by atoms with Crippen molar-refractivity contribution in [2.45, 2.75) is 12.8 Å². The summed E-state index contributed by atoms with van der Waals surface area (Å²) in [6.07, 6.45) is 8.45. The quantitative estimate of drug-likeness (QED) is 0.486. The summed E-state index contributed by atoms with van der Waals surface area (Å²) in [5, 5.41) is 0. The van der Waals surface area contributed by atoms with Crippen LogP contribution in [0.2, 0.25) is 0 Å². The molecule has 1 heterocycles. The largest absolute Gasteiger partial charge is 0.612 e. The highest BCUT2D eigenvalue weighted by atomic mass is 32.2. The van der Waals surface area contributed by atoms with E-state index in [0.29, 0.717) is 5.92 Å². The van der Waals surface area contributed by atoms with Crippen LogP contribution in [0.3, 0.4) is 0 Å². The van der Waals surface area contributed by atoms with Crippen molar-refractivity contribution in [2.75, 3.05) is 5.75 Å². The molecule has 0 saturated carbocycles. The number of hydrogen-bond donors (Lipinski definition) is 0. The predicted molar refractivity (Wildman–Crippen MR) is 43.0 cm³/mol. The highest BCUT2D eigenvalue weighted by Gasteiger charge is 2.32. The molecule has 1 nitrogen and oxygen atoms in total. The summed E-state index contributed by atoms with van der Waals surface area (Å²) in [4.78, 5) is 1.18. The van der Waals surface area contributed by atoms with Gasteiger partial charge in [-0.2, -0.15) is 0 Å². The lowest BCUT2D eigenvalue weighted by molar-refractivity contribution is 0.604. The number of allylic oxidation sites excluding steroid dienone is 4. The van der Waals surface area contributed by atoms with Crippen molar-refractivity contribution in [2.24, 2.45) is 5.92 Å². The molecule has 0 aromatic heterocycles. The van der Waals surface area contributed by atoms with Crippen LogP contribution >= 0.6 is 0 Å². The molecule has 1 aliphatic carbocycles. The third kappa shape index (κ3) is 0.917. The second kappa shape index (κ2) is 2.44. The topological polar surface area (TPSA) is 23.1 Å². The van der Waals surface area contributed by atoms with E-state index in [0.717, 1.165) is 18.6 Å². The van der Waals surface area contributed by atoms with Gasteiger partial charge in [-0.15, -0.1) is 0 Å². The zero-order chi connectivity index (χ0) is 6.97. The van der Waals surface area contributed by atoms with Gasteiger partial charge >= 0.3 is 0 Å². The SMILES string of the molecule is [O-][S+]1CCC2CC=CC=C21. The van der Waals surface area contributed by atoms with Gasteiger partial charge in [0.05, 0.1) is 0 Å². The molecule has 54 valence electrons. The van der Waals surface area contributed by atoms with E-state index in [1.165, 1.54) is 4.91 Å². The molecule has 2 atom stereocenters. The first-order valence-electron chi connectivity index (χ1n) is 3.63. The van der Waals surface area contributed by atoms with E-state index in [1.54, 1.807) is 0 Å². The van der Waals surface area contributed by atoms with Crippen LogP contribution in [-0.4, -0.2) is 10.3 Å². The van der Waals surface area contributed by atoms with Crippen LogP contribution in [0.4, 0.5) is 0 Å². The summed E-state index contributed by atoms with van der Waals surface area (Å²) in [5.74, 6) is 1.50. The molecule has 1 fully saturated rings. The molecule has 2 rings (SSSR count). The molecular formula is C8H10OS. The van der Waals surface area contributed by atoms with Crippen LogP contribution in [0.5, 0.6) is 0 Å². The van der Waals surface area contributed by atoms with Crippen molar-refractivity contribution >= 4 is 11.2 Å². The summed E-state index contributed by atoms with van der Waals surface area (Å²) in [6, 6.07) is 0. The van der Waals surface area contributed by atoms with Gasteiger partial charge in [0.2, 0.25) is 0 Å². The molecule has 0 aromatic carbocycles. The molecular weight excluding hydrogens is 144 g/mol. The summed E-state index contributed by atoms with van der Waals surface area (Å²) in [5.41, 5.74) is 0. The van der Waals surface area contributed by atoms with Gasteiger partial charge in [0.15, 0.2) is 0 Å². The summed E-state index contributed by atoms with van der Waals surface area (Å²) in [6.45, 7) is 0. The van der Waals surface area contributed by atoms with Crippen LogP contribution < -0.4 is 0 Å². The smallest absolute Gasteiger partial charge is 0.133 e. The Kier molecular flexibility index (Phi) is 1.58. The minimum Gasteiger partial charge on any atom is -0.612 e. The van der Waals surface area contributed by atoms with Gasteiger partial charge in [0.1, 0.15) is 10.7 Å². The van der Waals surface area contributed by atoms with E-state index in [-0.39, 0.29) is 0 Å². The Labute approximate surface area is 64.0 Å². The van der Waals surface area contributed by atoms with Crippen molar-refractivity contribution in [1.82, 2.24) is 0 Å². The van der Waals surface area contributed by atoms with Crippen molar-refractivity contribution in [3.05, 3.63) is 23.1 Å². The van der Waals surface area contributed by atoms with Crippen molar-refractivity contribution in [1.29, 1.82) is 0 Å². The van der Waals surface area contributed by atoms with Crippen molar-refractivity contribution in [3.8, 4) is 0 Å². The number of fused-ring (bicyclic) bond motifs is 1. The lowest BCUT2D eigenvalue weighted by atomic mass is 9.98. The molecule has 2 heteroatoms. The van der Waals surface area contributed by atoms with E-state index in [9.17, 15) is 4.55 Å². The molecule has 0 aromatic rings. The van der Waals surface area contributed by atoms with E-state index >= 15 is 0 Å². The first kappa shape index (κ1) is 6.50. The maximum Gasteiger partial charge on any atom is 0.133 e. The number of rotatable bonds is 0. The van der Waals surface area contributed by atoms with Crippen LogP contribution in [0, 0.1) is 5.92 Å². The average molecular weight is 154 g/mol. The lowest BCUT2D eigenvalue weighted by Gasteiger charge is -2.10. The number of hydrogen-bond acceptors (Lipinski definition) is 1. The molecule has 0 spiro atoms.